The number of fused-ring (bicyclic) bond motifs is 2. The summed E-state index contributed by atoms with van der Waals surface area (Å²) in [5.74, 6) is -2.47. The summed E-state index contributed by atoms with van der Waals surface area (Å²) in [5, 5.41) is 24.1. The molecule has 1 aliphatic carbocycles. The summed E-state index contributed by atoms with van der Waals surface area (Å²) in [4.78, 5) is 48.6. The van der Waals surface area contributed by atoms with Crippen LogP contribution < -0.4 is 5.73 Å². The van der Waals surface area contributed by atoms with E-state index in [2.05, 4.69) is 4.90 Å². The van der Waals surface area contributed by atoms with Crippen LogP contribution in [-0.2, 0) is 24.7 Å². The number of ether oxygens (including phenoxy) is 2. The van der Waals surface area contributed by atoms with E-state index in [1.807, 2.05) is 12.1 Å². The zero-order chi connectivity index (χ0) is 26.5. The number of amides is 2. The van der Waals surface area contributed by atoms with Crippen molar-refractivity contribution >= 4 is 35.3 Å². The number of rotatable bonds is 9. The van der Waals surface area contributed by atoms with Crippen LogP contribution in [0, 0.1) is 11.8 Å². The number of nitrogens with two attached hydrogens (primary N) is 1. The summed E-state index contributed by atoms with van der Waals surface area (Å²) >= 11 is 1.48. The molecule has 36 heavy (non-hydrogen) atoms. The topological polar surface area (TPSA) is 180 Å². The highest BCUT2D eigenvalue weighted by Crippen LogP contribution is 2.53. The molecule has 2 saturated heterocycles. The van der Waals surface area contributed by atoms with Crippen molar-refractivity contribution in [1.29, 1.82) is 0 Å². The standard InChI is InChI=1S/C19H27N3O4S.C4H6O5/c1-25-19(16-6-5-15(27-16)17(20)23)13-3-2-4-14(19)12-21(11-13)7-8-22-9-10-26-18(22)24;5-2(4(8)9)1-3(6)7/h5-6,13-14H,2-4,7-12H2,1H3,(H2,20,23);2,5H,1H2,(H,6,7)(H,8,9)/t;2-/m.0/s1. The average molecular weight is 528 g/mol. The average Bonchev–Trinajstić information content (AvgIpc) is 3.46. The van der Waals surface area contributed by atoms with Crippen molar-refractivity contribution < 1.29 is 44.0 Å². The SMILES string of the molecule is COC1(c2ccc(C(N)=O)s2)C2CCCC1CN(CCN1CCOC1=O)C2.O=C(O)C[C@H](O)C(=O)O. The number of cyclic esters (lactones) is 1. The molecule has 5 N–H and O–H groups in total. The van der Waals surface area contributed by atoms with Gasteiger partial charge >= 0.3 is 18.0 Å². The first-order valence-electron chi connectivity index (χ1n) is 11.8. The number of likely N-dealkylation sites (tertiary alicyclic amines) is 1. The molecule has 3 heterocycles. The van der Waals surface area contributed by atoms with E-state index in [0.29, 0.717) is 36.4 Å². The monoisotopic (exact) mass is 527 g/mol. The molecule has 3 aliphatic rings. The summed E-state index contributed by atoms with van der Waals surface area (Å²) in [6.45, 7) is 4.64. The Morgan fingerprint density at radius 2 is 1.89 bits per heavy atom. The molecule has 1 saturated carbocycles. The summed E-state index contributed by atoms with van der Waals surface area (Å²) in [7, 11) is 1.80. The summed E-state index contributed by atoms with van der Waals surface area (Å²) < 4.78 is 11.2. The Morgan fingerprint density at radius 1 is 1.22 bits per heavy atom. The summed E-state index contributed by atoms with van der Waals surface area (Å²) in [6, 6.07) is 3.85. The van der Waals surface area contributed by atoms with Gasteiger partial charge in [0.25, 0.3) is 5.91 Å². The number of hydrogen-bond acceptors (Lipinski definition) is 9. The Kier molecular flexibility index (Phi) is 9.28. The first kappa shape index (κ1) is 27.8. The summed E-state index contributed by atoms with van der Waals surface area (Å²) in [5.41, 5.74) is 5.14. The number of aliphatic carboxylic acids is 2. The van der Waals surface area contributed by atoms with Crippen LogP contribution in [0.5, 0.6) is 0 Å². The number of hydrogen-bond donors (Lipinski definition) is 4. The maximum Gasteiger partial charge on any atom is 0.409 e. The van der Waals surface area contributed by atoms with Gasteiger partial charge in [-0.05, 0) is 25.0 Å². The molecule has 1 aromatic rings. The fourth-order valence-electron chi connectivity index (χ4n) is 5.37. The maximum atomic E-state index is 11.7. The summed E-state index contributed by atoms with van der Waals surface area (Å²) in [6.07, 6.45) is 0.682. The lowest BCUT2D eigenvalue weighted by molar-refractivity contribution is -0.166. The van der Waals surface area contributed by atoms with Crippen molar-refractivity contribution in [3.05, 3.63) is 21.9 Å². The Hall–Kier alpha value is -2.74. The second-order valence-electron chi connectivity index (χ2n) is 9.16. The molecule has 3 fully saturated rings. The minimum Gasteiger partial charge on any atom is -0.481 e. The molecule has 0 spiro atoms. The van der Waals surface area contributed by atoms with Gasteiger partial charge in [-0.1, -0.05) is 6.42 Å². The number of carbonyl (C=O) groups is 4. The van der Waals surface area contributed by atoms with Gasteiger partial charge < -0.3 is 40.3 Å². The Labute approximate surface area is 212 Å². The zero-order valence-corrected chi connectivity index (χ0v) is 20.9. The van der Waals surface area contributed by atoms with Gasteiger partial charge in [0, 0.05) is 50.0 Å². The second-order valence-corrected chi connectivity index (χ2v) is 10.2. The molecule has 0 radical (unpaired) electrons. The number of aliphatic hydroxyl groups is 1. The zero-order valence-electron chi connectivity index (χ0n) is 20.1. The number of primary amides is 1. The van der Waals surface area contributed by atoms with Crippen molar-refractivity contribution in [3.63, 3.8) is 0 Å². The lowest BCUT2D eigenvalue weighted by Gasteiger charge is -2.55. The molecule has 200 valence electrons. The Morgan fingerprint density at radius 3 is 2.33 bits per heavy atom. The van der Waals surface area contributed by atoms with Crippen LogP contribution in [0.3, 0.4) is 0 Å². The number of piperidine rings is 1. The smallest absolute Gasteiger partial charge is 0.409 e. The van der Waals surface area contributed by atoms with E-state index < -0.39 is 24.5 Å². The van der Waals surface area contributed by atoms with E-state index in [0.717, 1.165) is 37.4 Å². The van der Waals surface area contributed by atoms with E-state index in [-0.39, 0.29) is 17.6 Å². The van der Waals surface area contributed by atoms with Crippen molar-refractivity contribution in [2.75, 3.05) is 46.4 Å². The van der Waals surface area contributed by atoms with Gasteiger partial charge in [-0.15, -0.1) is 11.3 Å². The molecule has 2 amide bonds. The van der Waals surface area contributed by atoms with Gasteiger partial charge in [0.2, 0.25) is 0 Å². The van der Waals surface area contributed by atoms with Gasteiger partial charge in [-0.2, -0.15) is 0 Å². The van der Waals surface area contributed by atoms with Crippen LogP contribution in [0.1, 0.15) is 40.2 Å². The van der Waals surface area contributed by atoms with Crippen molar-refractivity contribution in [2.24, 2.45) is 17.6 Å². The normalized spacial score (nSPS) is 26.5. The van der Waals surface area contributed by atoms with Crippen LogP contribution in [0.4, 0.5) is 4.79 Å². The van der Waals surface area contributed by atoms with E-state index >= 15 is 0 Å². The fraction of sp³-hybridized carbons (Fsp3) is 0.652. The highest BCUT2D eigenvalue weighted by Gasteiger charge is 2.54. The number of carbonyl (C=O) groups excluding carboxylic acids is 2. The van der Waals surface area contributed by atoms with E-state index in [1.54, 1.807) is 12.0 Å². The molecular weight excluding hydrogens is 494 g/mol. The van der Waals surface area contributed by atoms with Crippen molar-refractivity contribution in [2.45, 2.75) is 37.4 Å². The lowest BCUT2D eigenvalue weighted by atomic mass is 9.64. The predicted molar refractivity (Wildman–Crippen MR) is 128 cm³/mol. The molecule has 3 atom stereocenters. The number of carboxylic acid groups (broad SMARTS) is 2. The highest BCUT2D eigenvalue weighted by molar-refractivity contribution is 7.14. The molecule has 2 bridgehead atoms. The van der Waals surface area contributed by atoms with Gasteiger partial charge in [-0.25, -0.2) is 9.59 Å². The van der Waals surface area contributed by atoms with Crippen LogP contribution in [-0.4, -0.2) is 102 Å². The second kappa shape index (κ2) is 12.0. The van der Waals surface area contributed by atoms with Crippen LogP contribution in [0.25, 0.3) is 0 Å². The number of thiophene rings is 1. The third-order valence-corrected chi connectivity index (χ3v) is 8.26. The first-order chi connectivity index (χ1) is 17.1. The minimum atomic E-state index is -1.79. The van der Waals surface area contributed by atoms with E-state index in [9.17, 15) is 19.2 Å². The molecule has 2 aliphatic heterocycles. The highest BCUT2D eigenvalue weighted by atomic mass is 32.1. The first-order valence-corrected chi connectivity index (χ1v) is 12.6. The number of carboxylic acids is 2. The van der Waals surface area contributed by atoms with E-state index in [4.69, 9.17) is 30.5 Å². The Bertz CT molecular complexity index is 954. The molecule has 4 rings (SSSR count). The van der Waals surface area contributed by atoms with Gasteiger partial charge in [0.1, 0.15) is 12.2 Å². The Balaban J connectivity index is 0.000000345. The number of aliphatic hydroxyl groups excluding tert-OH is 1. The molecule has 12 nitrogen and oxygen atoms in total. The van der Waals surface area contributed by atoms with Crippen LogP contribution in [0.15, 0.2) is 12.1 Å². The van der Waals surface area contributed by atoms with Gasteiger partial charge in [-0.3, -0.25) is 9.59 Å². The number of nitrogens with zero attached hydrogens (tertiary/aromatic N) is 2. The fourth-order valence-corrected chi connectivity index (χ4v) is 6.55. The van der Waals surface area contributed by atoms with Crippen LogP contribution in [0.2, 0.25) is 0 Å². The van der Waals surface area contributed by atoms with Crippen molar-refractivity contribution in [1.82, 2.24) is 9.80 Å². The third-order valence-electron chi connectivity index (χ3n) is 7.03. The quantitative estimate of drug-likeness (QED) is 0.358. The number of methoxy groups -OCH3 is 1. The minimum absolute atomic E-state index is 0.198. The molecule has 0 aromatic carbocycles. The van der Waals surface area contributed by atoms with Gasteiger partial charge in [0.15, 0.2) is 6.10 Å². The third kappa shape index (κ3) is 6.14. The van der Waals surface area contributed by atoms with Gasteiger partial charge in [0.05, 0.1) is 17.8 Å². The largest absolute Gasteiger partial charge is 0.481 e. The molecule has 13 heteroatoms. The maximum absolute atomic E-state index is 11.7. The lowest BCUT2D eigenvalue weighted by Crippen LogP contribution is -2.59. The molecule has 2 unspecified atom stereocenters. The van der Waals surface area contributed by atoms with Crippen molar-refractivity contribution in [3.8, 4) is 0 Å². The molecular formula is C23H33N3O9S. The molecule has 1 aromatic heterocycles. The van der Waals surface area contributed by atoms with E-state index in [1.165, 1.54) is 17.8 Å². The van der Waals surface area contributed by atoms with Crippen LogP contribution >= 0.6 is 11.3 Å². The predicted octanol–water partition coefficient (Wildman–Crippen LogP) is 0.779.